The van der Waals surface area contributed by atoms with Crippen LogP contribution < -0.4 is 11.1 Å². The fourth-order valence-corrected chi connectivity index (χ4v) is 3.28. The molecule has 5 heteroatoms. The van der Waals surface area contributed by atoms with Crippen LogP contribution in [-0.2, 0) is 16.0 Å². The average Bonchev–Trinajstić information content (AvgIpc) is 3.00. The molecule has 3 rings (SSSR count). The van der Waals surface area contributed by atoms with Gasteiger partial charge in [0.15, 0.2) is 0 Å². The quantitative estimate of drug-likeness (QED) is 0.877. The number of rotatable bonds is 5. The number of ether oxygens (including phenoxy) is 1. The molecule has 1 aliphatic heterocycles. The summed E-state index contributed by atoms with van der Waals surface area (Å²) in [5.41, 5.74) is 7.63. The Kier molecular flexibility index (Phi) is 5.16. The minimum Gasteiger partial charge on any atom is -0.463 e. The van der Waals surface area contributed by atoms with E-state index in [1.165, 1.54) is 24.8 Å². The van der Waals surface area contributed by atoms with Crippen LogP contribution in [0, 0.1) is 5.92 Å². The van der Waals surface area contributed by atoms with E-state index in [1.807, 2.05) is 12.1 Å². The van der Waals surface area contributed by atoms with E-state index < -0.39 is 0 Å². The van der Waals surface area contributed by atoms with Gasteiger partial charge in [0.25, 0.3) is 6.02 Å². The lowest BCUT2D eigenvalue weighted by Gasteiger charge is -2.20. The van der Waals surface area contributed by atoms with E-state index in [0.717, 1.165) is 31.4 Å². The maximum Gasteiger partial charge on any atom is 0.282 e. The predicted octanol–water partition coefficient (Wildman–Crippen LogP) is 2.85. The van der Waals surface area contributed by atoms with Crippen LogP contribution in [0.3, 0.4) is 0 Å². The molecule has 1 heterocycles. The molecule has 0 bridgehead atoms. The molecule has 1 aromatic rings. The summed E-state index contributed by atoms with van der Waals surface area (Å²) in [6.07, 6.45) is 7.52. The second-order valence-corrected chi connectivity index (χ2v) is 6.49. The number of benzene rings is 1. The molecular formula is C18H25N3O2. The van der Waals surface area contributed by atoms with E-state index in [2.05, 4.69) is 22.4 Å². The zero-order valence-electron chi connectivity index (χ0n) is 13.5. The lowest BCUT2D eigenvalue weighted by atomic mass is 9.88. The number of nitrogens with two attached hydrogens (primary N) is 1. The van der Waals surface area contributed by atoms with Gasteiger partial charge in [-0.2, -0.15) is 0 Å². The monoisotopic (exact) mass is 315 g/mol. The van der Waals surface area contributed by atoms with Crippen molar-refractivity contribution in [3.63, 3.8) is 0 Å². The number of carbonyl (C=O) groups excluding carboxylic acids is 1. The molecule has 124 valence electrons. The first-order chi connectivity index (χ1) is 11.2. The molecule has 0 radical (unpaired) electrons. The Balaban J connectivity index is 1.47. The highest BCUT2D eigenvalue weighted by Crippen LogP contribution is 2.25. The molecule has 0 aromatic heterocycles. The highest BCUT2D eigenvalue weighted by molar-refractivity contribution is 5.92. The van der Waals surface area contributed by atoms with Crippen molar-refractivity contribution in [2.45, 2.75) is 51.0 Å². The van der Waals surface area contributed by atoms with Gasteiger partial charge in [-0.3, -0.25) is 4.79 Å². The van der Waals surface area contributed by atoms with Crippen molar-refractivity contribution in [3.05, 3.63) is 29.8 Å². The summed E-state index contributed by atoms with van der Waals surface area (Å²) in [6, 6.07) is 8.58. The summed E-state index contributed by atoms with van der Waals surface area (Å²) in [7, 11) is 0. The Bertz CT molecular complexity index is 562. The van der Waals surface area contributed by atoms with Crippen LogP contribution >= 0.6 is 0 Å². The smallest absolute Gasteiger partial charge is 0.282 e. The van der Waals surface area contributed by atoms with Gasteiger partial charge in [-0.25, -0.2) is 4.99 Å². The SMILES string of the molecule is NC1=N[C@@H](CCc2ccc(NC(=O)C3CCCCC3)cc2)CO1. The number of amides is 1. The average molecular weight is 315 g/mol. The van der Waals surface area contributed by atoms with Crippen molar-refractivity contribution in [2.24, 2.45) is 16.6 Å². The third kappa shape index (κ3) is 4.47. The topological polar surface area (TPSA) is 76.7 Å². The molecule has 1 fully saturated rings. The number of nitrogens with zero attached hydrogens (tertiary/aromatic N) is 1. The van der Waals surface area contributed by atoms with Gasteiger partial charge in [0.1, 0.15) is 6.61 Å². The first-order valence-electron chi connectivity index (χ1n) is 8.56. The molecule has 0 saturated heterocycles. The van der Waals surface area contributed by atoms with Gasteiger partial charge in [0.2, 0.25) is 5.91 Å². The van der Waals surface area contributed by atoms with Crippen molar-refractivity contribution in [1.82, 2.24) is 0 Å². The van der Waals surface area contributed by atoms with E-state index in [-0.39, 0.29) is 17.9 Å². The van der Waals surface area contributed by atoms with Gasteiger partial charge in [0.05, 0.1) is 6.04 Å². The first-order valence-corrected chi connectivity index (χ1v) is 8.56. The number of aryl methyl sites for hydroxylation is 1. The maximum atomic E-state index is 12.2. The standard InChI is InChI=1S/C18H25N3O2/c19-18-21-16(12-23-18)11-8-13-6-9-15(10-7-13)20-17(22)14-4-2-1-3-5-14/h6-7,9-10,14,16H,1-5,8,11-12H2,(H2,19,21)(H,20,22)/t16-/m0/s1. The van der Waals surface area contributed by atoms with E-state index in [9.17, 15) is 4.79 Å². The van der Waals surface area contributed by atoms with Crippen molar-refractivity contribution < 1.29 is 9.53 Å². The Morgan fingerprint density at radius 3 is 2.61 bits per heavy atom. The Hall–Kier alpha value is -2.04. The van der Waals surface area contributed by atoms with Crippen molar-refractivity contribution in [1.29, 1.82) is 0 Å². The summed E-state index contributed by atoms with van der Waals surface area (Å²) in [6.45, 7) is 0.585. The molecule has 1 saturated carbocycles. The summed E-state index contributed by atoms with van der Waals surface area (Å²) >= 11 is 0. The maximum absolute atomic E-state index is 12.2. The van der Waals surface area contributed by atoms with Crippen molar-refractivity contribution in [2.75, 3.05) is 11.9 Å². The van der Waals surface area contributed by atoms with Crippen LogP contribution in [0.4, 0.5) is 5.69 Å². The highest BCUT2D eigenvalue weighted by Gasteiger charge is 2.21. The van der Waals surface area contributed by atoms with Crippen molar-refractivity contribution >= 4 is 17.6 Å². The zero-order valence-corrected chi connectivity index (χ0v) is 13.5. The summed E-state index contributed by atoms with van der Waals surface area (Å²) in [5, 5.41) is 3.04. The molecule has 23 heavy (non-hydrogen) atoms. The van der Waals surface area contributed by atoms with Gasteiger partial charge in [-0.05, 0) is 43.4 Å². The van der Waals surface area contributed by atoms with Gasteiger partial charge >= 0.3 is 0 Å². The minimum absolute atomic E-state index is 0.167. The van der Waals surface area contributed by atoms with Crippen LogP contribution in [0.1, 0.15) is 44.1 Å². The summed E-state index contributed by atoms with van der Waals surface area (Å²) in [4.78, 5) is 16.5. The Morgan fingerprint density at radius 2 is 1.96 bits per heavy atom. The molecule has 3 N–H and O–H groups in total. The van der Waals surface area contributed by atoms with Crippen LogP contribution in [0.2, 0.25) is 0 Å². The molecule has 1 aromatic carbocycles. The molecule has 0 unspecified atom stereocenters. The Labute approximate surface area is 137 Å². The second-order valence-electron chi connectivity index (χ2n) is 6.49. The molecule has 2 aliphatic rings. The third-order valence-corrected chi connectivity index (χ3v) is 4.70. The summed E-state index contributed by atoms with van der Waals surface area (Å²) in [5.74, 6) is 0.361. The number of aliphatic imine (C=N–C) groups is 1. The van der Waals surface area contributed by atoms with E-state index in [0.29, 0.717) is 12.6 Å². The van der Waals surface area contributed by atoms with Gasteiger partial charge in [-0.15, -0.1) is 0 Å². The molecule has 0 spiro atoms. The summed E-state index contributed by atoms with van der Waals surface area (Å²) < 4.78 is 5.15. The largest absolute Gasteiger partial charge is 0.463 e. The second kappa shape index (κ2) is 7.49. The predicted molar refractivity (Wildman–Crippen MR) is 91.3 cm³/mol. The number of amidine groups is 1. The number of hydrogen-bond donors (Lipinski definition) is 2. The third-order valence-electron chi connectivity index (χ3n) is 4.70. The number of carbonyl (C=O) groups is 1. The van der Waals surface area contributed by atoms with Crippen LogP contribution in [0.15, 0.2) is 29.3 Å². The zero-order chi connectivity index (χ0) is 16.1. The fourth-order valence-electron chi connectivity index (χ4n) is 3.28. The lowest BCUT2D eigenvalue weighted by molar-refractivity contribution is -0.120. The van der Waals surface area contributed by atoms with Gasteiger partial charge < -0.3 is 15.8 Å². The number of hydrogen-bond acceptors (Lipinski definition) is 4. The fraction of sp³-hybridized carbons (Fsp3) is 0.556. The van der Waals surface area contributed by atoms with Gasteiger partial charge in [-0.1, -0.05) is 31.4 Å². The van der Waals surface area contributed by atoms with E-state index >= 15 is 0 Å². The minimum atomic E-state index is 0.167. The molecule has 1 amide bonds. The van der Waals surface area contributed by atoms with Crippen LogP contribution in [0.5, 0.6) is 0 Å². The Morgan fingerprint density at radius 1 is 1.22 bits per heavy atom. The molecule has 1 atom stereocenters. The molecular weight excluding hydrogens is 290 g/mol. The normalized spacial score (nSPS) is 21.6. The van der Waals surface area contributed by atoms with Crippen molar-refractivity contribution in [3.8, 4) is 0 Å². The number of anilines is 1. The van der Waals surface area contributed by atoms with E-state index in [4.69, 9.17) is 10.5 Å². The first kappa shape index (κ1) is 15.8. The van der Waals surface area contributed by atoms with E-state index in [1.54, 1.807) is 0 Å². The molecule has 5 nitrogen and oxygen atoms in total. The van der Waals surface area contributed by atoms with Gasteiger partial charge in [0, 0.05) is 11.6 Å². The highest BCUT2D eigenvalue weighted by atomic mass is 16.5. The molecule has 1 aliphatic carbocycles. The van der Waals surface area contributed by atoms with Crippen LogP contribution in [-0.4, -0.2) is 24.6 Å². The van der Waals surface area contributed by atoms with Crippen LogP contribution in [0.25, 0.3) is 0 Å². The number of nitrogens with one attached hydrogen (secondary N) is 1. The lowest BCUT2D eigenvalue weighted by Crippen LogP contribution is -2.24.